The van der Waals surface area contributed by atoms with E-state index in [0.29, 0.717) is 22.5 Å². The van der Waals surface area contributed by atoms with Gasteiger partial charge in [-0.05, 0) is 93.1 Å². The van der Waals surface area contributed by atoms with Crippen molar-refractivity contribution in [2.24, 2.45) is 4.99 Å². The molecule has 3 aromatic rings. The number of para-hydroxylation sites is 1. The average molecular weight is 577 g/mol. The smallest absolute Gasteiger partial charge is 0.295 e. The highest BCUT2D eigenvalue weighted by atomic mass is 32.2. The minimum atomic E-state index is -4.49. The molecule has 0 unspecified atom stereocenters. The zero-order chi connectivity index (χ0) is 29.6. The van der Waals surface area contributed by atoms with Crippen molar-refractivity contribution in [1.29, 1.82) is 0 Å². The molecule has 212 valence electrons. The van der Waals surface area contributed by atoms with Gasteiger partial charge in [-0.2, -0.15) is 8.42 Å². The summed E-state index contributed by atoms with van der Waals surface area (Å²) in [7, 11) is -4.49. The number of allylic oxidation sites excluding steroid dienone is 3. The van der Waals surface area contributed by atoms with E-state index in [1.807, 2.05) is 42.5 Å². The second-order valence-corrected chi connectivity index (χ2v) is 12.3. The van der Waals surface area contributed by atoms with Gasteiger partial charge in [0, 0.05) is 45.6 Å². The molecule has 0 atom stereocenters. The third-order valence-corrected chi connectivity index (χ3v) is 8.79. The Balaban J connectivity index is 1.62. The highest BCUT2D eigenvalue weighted by molar-refractivity contribution is 7.86. The molecule has 0 spiro atoms. The highest BCUT2D eigenvalue weighted by Crippen LogP contribution is 2.43. The monoisotopic (exact) mass is 576 g/mol. The highest BCUT2D eigenvalue weighted by Gasteiger charge is 2.23. The molecule has 6 rings (SSSR count). The van der Waals surface area contributed by atoms with E-state index in [9.17, 15) is 13.0 Å². The first-order valence-electron chi connectivity index (χ1n) is 13.9. The van der Waals surface area contributed by atoms with Crippen LogP contribution in [0, 0.1) is 13.8 Å². The Morgan fingerprint density at radius 1 is 0.857 bits per heavy atom. The van der Waals surface area contributed by atoms with Crippen LogP contribution in [0.5, 0.6) is 0 Å². The molecule has 42 heavy (non-hydrogen) atoms. The fourth-order valence-corrected chi connectivity index (χ4v) is 6.44. The van der Waals surface area contributed by atoms with Crippen molar-refractivity contribution in [2.75, 3.05) is 5.32 Å². The second kappa shape index (κ2) is 10.7. The number of nitrogens with one attached hydrogen (secondary N) is 1. The van der Waals surface area contributed by atoms with Crippen LogP contribution in [0.15, 0.2) is 116 Å². The van der Waals surface area contributed by atoms with Crippen molar-refractivity contribution in [3.05, 3.63) is 118 Å². The van der Waals surface area contributed by atoms with Crippen LogP contribution < -0.4 is 10.7 Å². The molecule has 3 aromatic carbocycles. The lowest BCUT2D eigenvalue weighted by molar-refractivity contribution is 0.483. The molecule has 1 heterocycles. The SMILES string of the molecule is CC1=CCCC(C)=C1N=c1ccc2c(-c3ccccc3S(=O)(=O)O)c3ccc(Nc4c(C)cccc4C)cc3oc-2c1. The van der Waals surface area contributed by atoms with Crippen LogP contribution >= 0.6 is 0 Å². The Kier molecular flexibility index (Phi) is 7.09. The number of aryl methyl sites for hydroxylation is 2. The van der Waals surface area contributed by atoms with E-state index < -0.39 is 10.1 Å². The van der Waals surface area contributed by atoms with Crippen LogP contribution in [0.25, 0.3) is 33.4 Å². The summed E-state index contributed by atoms with van der Waals surface area (Å²) < 4.78 is 41.5. The molecule has 6 nitrogen and oxygen atoms in total. The summed E-state index contributed by atoms with van der Waals surface area (Å²) in [5.41, 5.74) is 9.83. The van der Waals surface area contributed by atoms with E-state index in [4.69, 9.17) is 9.41 Å². The summed E-state index contributed by atoms with van der Waals surface area (Å²) in [4.78, 5) is 4.81. The molecule has 3 aliphatic rings. The average Bonchev–Trinajstić information content (AvgIpc) is 2.95. The number of hydrogen-bond acceptors (Lipinski definition) is 5. The van der Waals surface area contributed by atoms with E-state index in [1.54, 1.807) is 18.2 Å². The summed E-state index contributed by atoms with van der Waals surface area (Å²) >= 11 is 0. The molecule has 0 radical (unpaired) electrons. The Morgan fingerprint density at radius 3 is 2.36 bits per heavy atom. The van der Waals surface area contributed by atoms with Crippen molar-refractivity contribution < 1.29 is 17.4 Å². The minimum absolute atomic E-state index is 0.158. The van der Waals surface area contributed by atoms with Gasteiger partial charge in [0.05, 0.1) is 11.1 Å². The van der Waals surface area contributed by atoms with Gasteiger partial charge in [0.2, 0.25) is 0 Å². The number of rotatable bonds is 5. The van der Waals surface area contributed by atoms with E-state index >= 15 is 0 Å². The van der Waals surface area contributed by atoms with E-state index in [0.717, 1.165) is 62.9 Å². The molecule has 0 bridgehead atoms. The third kappa shape index (κ3) is 5.17. The standard InChI is InChI=1S/C35H32N2O4S/c1-21-9-7-10-22(2)34(21)36-25-15-17-27-30(19-25)41-31-20-26(37-35-23(3)11-8-12-24(35)4)16-18-28(31)33(27)29-13-5-6-14-32(29)42(38,39)40/h5-7,9-11,13-20,36H,8,12H2,1-4H3,(H,38,39,40). The van der Waals surface area contributed by atoms with Gasteiger partial charge in [-0.1, -0.05) is 42.5 Å². The fraction of sp³-hybridized carbons (Fsp3) is 0.171. The molecule has 0 amide bonds. The summed E-state index contributed by atoms with van der Waals surface area (Å²) in [6.07, 6.45) is 4.20. The van der Waals surface area contributed by atoms with Gasteiger partial charge in [0.15, 0.2) is 0 Å². The molecule has 0 saturated carbocycles. The van der Waals surface area contributed by atoms with Crippen LogP contribution in [-0.4, -0.2) is 13.0 Å². The second-order valence-electron chi connectivity index (χ2n) is 10.9. The Bertz CT molecular complexity index is 2060. The molecular weight excluding hydrogens is 544 g/mol. The first-order chi connectivity index (χ1) is 20.1. The molecule has 2 aliphatic carbocycles. The van der Waals surface area contributed by atoms with Crippen LogP contribution in [0.1, 0.15) is 37.8 Å². The quantitative estimate of drug-likeness (QED) is 0.161. The topological polar surface area (TPSA) is 91.9 Å². The Labute approximate surface area is 245 Å². The largest absolute Gasteiger partial charge is 0.456 e. The van der Waals surface area contributed by atoms with Crippen molar-refractivity contribution in [3.8, 4) is 22.5 Å². The number of anilines is 2. The first-order valence-corrected chi connectivity index (χ1v) is 15.4. The summed E-state index contributed by atoms with van der Waals surface area (Å²) in [6, 6.07) is 24.2. The lowest BCUT2D eigenvalue weighted by Crippen LogP contribution is -2.07. The fourth-order valence-electron chi connectivity index (χ4n) is 5.74. The maximum absolute atomic E-state index is 12.5. The van der Waals surface area contributed by atoms with Crippen LogP contribution in [0.4, 0.5) is 11.4 Å². The van der Waals surface area contributed by atoms with Gasteiger partial charge < -0.3 is 9.73 Å². The predicted molar refractivity (Wildman–Crippen MR) is 169 cm³/mol. The van der Waals surface area contributed by atoms with Gasteiger partial charge >= 0.3 is 0 Å². The Hall–Kier alpha value is -4.46. The van der Waals surface area contributed by atoms with Gasteiger partial charge in [-0.15, -0.1) is 0 Å². The number of benzene rings is 4. The minimum Gasteiger partial charge on any atom is -0.456 e. The van der Waals surface area contributed by atoms with Crippen molar-refractivity contribution in [2.45, 2.75) is 45.4 Å². The number of nitrogens with zero attached hydrogens (tertiary/aromatic N) is 1. The van der Waals surface area contributed by atoms with Crippen molar-refractivity contribution in [3.63, 3.8) is 0 Å². The zero-order valence-corrected chi connectivity index (χ0v) is 24.8. The Morgan fingerprint density at radius 2 is 1.62 bits per heavy atom. The lowest BCUT2D eigenvalue weighted by Gasteiger charge is -2.18. The molecular formula is C35H32N2O4S. The predicted octanol–water partition coefficient (Wildman–Crippen LogP) is 8.73. The lowest BCUT2D eigenvalue weighted by atomic mass is 9.93. The number of fused-ring (bicyclic) bond motifs is 2. The maximum atomic E-state index is 12.5. The summed E-state index contributed by atoms with van der Waals surface area (Å²) in [6.45, 7) is 8.31. The van der Waals surface area contributed by atoms with Crippen molar-refractivity contribution in [1.82, 2.24) is 0 Å². The van der Waals surface area contributed by atoms with E-state index in [2.05, 4.69) is 51.2 Å². The number of hydrogen-bond donors (Lipinski definition) is 2. The van der Waals surface area contributed by atoms with Crippen LogP contribution in [-0.2, 0) is 10.1 Å². The molecule has 0 fully saturated rings. The van der Waals surface area contributed by atoms with E-state index in [1.165, 1.54) is 11.6 Å². The van der Waals surface area contributed by atoms with E-state index in [-0.39, 0.29) is 4.90 Å². The third-order valence-electron chi connectivity index (χ3n) is 7.88. The van der Waals surface area contributed by atoms with Gasteiger partial charge in [-0.25, -0.2) is 4.99 Å². The first kappa shape index (κ1) is 27.7. The molecule has 1 aliphatic heterocycles. The summed E-state index contributed by atoms with van der Waals surface area (Å²) in [5.74, 6) is 0.559. The molecule has 0 aromatic heterocycles. The molecule has 0 saturated heterocycles. The van der Waals surface area contributed by atoms with Gasteiger partial charge in [-0.3, -0.25) is 4.55 Å². The molecule has 7 heteroatoms. The normalized spacial score (nSPS) is 14.5. The maximum Gasteiger partial charge on any atom is 0.295 e. The molecule has 2 N–H and O–H groups in total. The zero-order valence-electron chi connectivity index (χ0n) is 24.0. The van der Waals surface area contributed by atoms with Crippen LogP contribution in [0.2, 0.25) is 0 Å². The summed E-state index contributed by atoms with van der Waals surface area (Å²) in [5, 5.41) is 4.99. The van der Waals surface area contributed by atoms with Gasteiger partial charge in [0.1, 0.15) is 16.2 Å². The van der Waals surface area contributed by atoms with Gasteiger partial charge in [0.25, 0.3) is 10.1 Å². The van der Waals surface area contributed by atoms with Crippen molar-refractivity contribution >= 4 is 32.5 Å². The van der Waals surface area contributed by atoms with Crippen LogP contribution in [0.3, 0.4) is 0 Å².